The predicted molar refractivity (Wildman–Crippen MR) is 910 cm³/mol. The Morgan fingerprint density at radius 3 is 0.269 bits per heavy atom. The molecule has 0 aliphatic rings. The maximum absolute atomic E-state index is 4.83. The summed E-state index contributed by atoms with van der Waals surface area (Å²) < 4.78 is 0. The quantitative estimate of drug-likeness (QED) is 0.251. The molecule has 0 aliphatic heterocycles. The van der Waals surface area contributed by atoms with Gasteiger partial charge in [-0.25, -0.2) is 0 Å². The lowest BCUT2D eigenvalue weighted by Gasteiger charge is -2.09. The standard InChI is InChI=1S/C24H19N.S109/c1-3-7-19(8-4-1)21-11-15-23(16-12-21)25-24-17-13-22(14-18-24)20-9-5-2-6-10-20;1-3-5-7-9-11-13-15-17-19-21-23-25-27-29-31-33-35-37-39-41-43-45-47-49-51-53-55-57-59-61-63-65-67-69-71-73-75-77-79-81-83-85-87-89-91-93-95-97-99-101-103-105-107-109-108-106-104-102-100-98-96-94-92-90-88-86-84-82-80-78-76-74-72-70-68-66-64-62-60-58-56-54-52-50-48-46-44-42-40-38-36-34-32-30-28-26-24-22-20-18-16-14-12-10-8-6-4-2/h1-18,25H;. The molecule has 0 bridgehead atoms. The lowest BCUT2D eigenvalue weighted by atomic mass is 10.0. The van der Waals surface area contributed by atoms with Crippen molar-refractivity contribution in [2.24, 2.45) is 0 Å². The molecule has 0 atom stereocenters. The van der Waals surface area contributed by atoms with Crippen LogP contribution in [0.5, 0.6) is 0 Å². The van der Waals surface area contributed by atoms with Crippen molar-refractivity contribution in [2.75, 3.05) is 5.32 Å². The average Bonchev–Trinajstić information content (AvgIpc) is 0.845. The van der Waals surface area contributed by atoms with Gasteiger partial charge in [-0.15, -0.1) is 0 Å². The topological polar surface area (TPSA) is 12.0 Å². The fourth-order valence-electron chi connectivity index (χ4n) is 4.11. The maximum atomic E-state index is 4.83. The molecule has 0 saturated heterocycles. The van der Waals surface area contributed by atoms with Gasteiger partial charge in [-0.2, -0.15) is 0 Å². The normalized spacial score (nSPS) is 8.36. The molecule has 4 aromatic carbocycles. The first-order valence-electron chi connectivity index (χ1n) is 26.5. The molecular formula is C24H19NS109. The first kappa shape index (κ1) is 149. The summed E-state index contributed by atoms with van der Waals surface area (Å²) in [6.45, 7) is 0. The summed E-state index contributed by atoms with van der Waals surface area (Å²) in [6.07, 6.45) is 0. The van der Waals surface area contributed by atoms with Crippen molar-refractivity contribution in [3.8, 4) is 22.3 Å². The van der Waals surface area contributed by atoms with E-state index in [9.17, 15) is 0 Å². The first-order chi connectivity index (χ1) is 66.8. The van der Waals surface area contributed by atoms with Crippen LogP contribution >= 0.6 is 0 Å². The summed E-state index contributed by atoms with van der Waals surface area (Å²) in [6, 6.07) is 37.9. The van der Waals surface area contributed by atoms with Crippen molar-refractivity contribution in [1.29, 1.82) is 0 Å². The molecule has 0 aromatic heterocycles. The lowest BCUT2D eigenvalue weighted by Crippen LogP contribution is -1.90. The molecule has 1 N–H and O–H groups in total. The van der Waals surface area contributed by atoms with E-state index in [1.807, 2.05) is 838 Å². The van der Waals surface area contributed by atoms with Crippen LogP contribution in [0.2, 0.25) is 0 Å². The van der Waals surface area contributed by atoms with E-state index in [4.69, 9.17) is 22.4 Å². The second-order valence-electron chi connectivity index (χ2n) is 13.3. The minimum Gasteiger partial charge on any atom is -0.356 e. The van der Waals surface area contributed by atoms with E-state index in [1.165, 1.54) is 40.0 Å². The molecule has 0 radical (unpaired) electrons. The molecule has 0 unspecified atom stereocenters. The number of hydrogen-bond donors (Lipinski definition) is 1. The Morgan fingerprint density at radius 2 is 0.179 bits per heavy atom. The molecule has 0 saturated carbocycles. The first-order valence-corrected chi connectivity index (χ1v) is 170. The van der Waals surface area contributed by atoms with E-state index < -0.39 is 0 Å². The smallest absolute Gasteiger partial charge is 0.0384 e. The zero-order chi connectivity index (χ0) is 94.6. The summed E-state index contributed by atoms with van der Waals surface area (Å²) in [5.41, 5.74) is 7.11. The summed E-state index contributed by atoms with van der Waals surface area (Å²) in [5.74, 6) is 0. The van der Waals surface area contributed by atoms with Crippen LogP contribution in [0.15, 0.2) is 109 Å². The van der Waals surface area contributed by atoms with E-state index in [2.05, 4.69) is 102 Å². The Labute approximate surface area is 1090 Å². The number of nitrogens with one attached hydrogen (secondary N) is 1. The van der Waals surface area contributed by atoms with E-state index in [0.717, 1.165) is 11.4 Å². The Morgan fingerprint density at radius 1 is 0.0970 bits per heavy atom. The third-order valence-electron chi connectivity index (χ3n) is 7.22. The molecule has 134 heavy (non-hydrogen) atoms. The molecule has 774 valence electrons. The Kier molecular flexibility index (Phi) is 147. The fourth-order valence-corrected chi connectivity index (χ4v) is 292. The second-order valence-corrected chi connectivity index (χ2v) is 203. The summed E-state index contributed by atoms with van der Waals surface area (Å²) in [4.78, 5) is 0. The molecule has 1 nitrogen and oxygen atoms in total. The van der Waals surface area contributed by atoms with Gasteiger partial charge in [0.1, 0.15) is 0 Å². The van der Waals surface area contributed by atoms with Gasteiger partial charge in [0.25, 0.3) is 0 Å². The van der Waals surface area contributed by atoms with Crippen molar-refractivity contribution in [1.82, 2.24) is 0 Å². The van der Waals surface area contributed by atoms with Gasteiger partial charge < -0.3 is 5.32 Å². The van der Waals surface area contributed by atoms with Gasteiger partial charge in [-0.1, -0.05) is 84.9 Å². The summed E-state index contributed by atoms with van der Waals surface area (Å²) in [5, 5.41) is 3.46. The van der Waals surface area contributed by atoms with E-state index in [0.29, 0.717) is 0 Å². The zero-order valence-electron chi connectivity index (χ0n) is 58.4. The molecule has 4 rings (SSSR count). The average molecular weight is 3820 g/mol. The Hall–Kier alpha value is 20.7. The zero-order valence-corrected chi connectivity index (χ0v) is 147. The fraction of sp³-hybridized carbons (Fsp3) is 0. The lowest BCUT2D eigenvalue weighted by molar-refractivity contribution is 1.53. The number of hydrogen-bond acceptors (Lipinski definition) is 3. The number of anilines is 2. The number of benzene rings is 4. The molecule has 4 aromatic rings. The van der Waals surface area contributed by atoms with Crippen LogP contribution in [-0.2, 0) is 973 Å². The van der Waals surface area contributed by atoms with Crippen molar-refractivity contribution < 1.29 is 0 Å². The van der Waals surface area contributed by atoms with Crippen molar-refractivity contribution in [3.05, 3.63) is 109 Å². The molecule has 0 spiro atoms. The SMILES string of the molecule is S=S=S=S=S=S=S=S=S=S=S=S=S=S=S=S=S=S=S=S=S=S=S=S=S=S=S=S=S=S=S=S=S=S=S=S=S=S=S=S=S=S=S=S=S=S=S=S=S=S=S=S=S=S=S=S=S=S=S=S=S=S=S=S=S=S=S=S=S=S=S=S=S=S=S=S=S=S=S=S=S=S=S=S=S=S=S=S=S=S=S=S=S=S=S=S=S=S=S=S=S=S=S=S=S=S=S=S=S.c1ccc(-c2ccc(Nc3ccc(-c4ccccc4)cc3)cc2)cc1. The Balaban J connectivity index is 0.00000156. The largest absolute Gasteiger partial charge is 0.356 e. The van der Waals surface area contributed by atoms with Crippen molar-refractivity contribution in [2.45, 2.75) is 0 Å². The highest BCUT2D eigenvalue weighted by Gasteiger charge is 2.00. The highest BCUT2D eigenvalue weighted by molar-refractivity contribution is 8.88. The second kappa shape index (κ2) is 132. The van der Waals surface area contributed by atoms with Gasteiger partial charge in [-0.3, -0.25) is 0 Å². The van der Waals surface area contributed by atoms with E-state index in [1.54, 1.807) is 107 Å². The molecule has 110 heteroatoms. The van der Waals surface area contributed by atoms with Crippen LogP contribution in [-0.4, -0.2) is 0 Å². The molecule has 0 aliphatic carbocycles. The van der Waals surface area contributed by atoms with Gasteiger partial charge in [0, 0.05) is 984 Å². The van der Waals surface area contributed by atoms with Gasteiger partial charge in [-0.05, 0) is 46.5 Å². The van der Waals surface area contributed by atoms with E-state index in [-0.39, 0.29) is 0 Å². The molecule has 0 amide bonds. The molecule has 0 fully saturated rings. The van der Waals surface area contributed by atoms with Crippen molar-refractivity contribution >= 4 is 984 Å². The van der Waals surface area contributed by atoms with Crippen LogP contribution in [0, 0.1) is 0 Å². The summed E-state index contributed by atoms with van der Waals surface area (Å²) >= 11 is 9.66. The van der Waals surface area contributed by atoms with E-state index >= 15 is 0 Å². The van der Waals surface area contributed by atoms with Crippen molar-refractivity contribution in [3.63, 3.8) is 0 Å². The van der Waals surface area contributed by atoms with Crippen LogP contribution < -0.4 is 5.32 Å². The van der Waals surface area contributed by atoms with Gasteiger partial charge in [0.15, 0.2) is 0 Å². The van der Waals surface area contributed by atoms with Crippen LogP contribution in [0.4, 0.5) is 11.4 Å². The maximum Gasteiger partial charge on any atom is 0.0384 e. The van der Waals surface area contributed by atoms with Crippen LogP contribution in [0.3, 0.4) is 0 Å². The van der Waals surface area contributed by atoms with Crippen LogP contribution in [0.25, 0.3) is 22.3 Å². The Bertz CT molecular complexity index is 9860. The number of rotatable bonds is 4. The molecule has 0 heterocycles. The monoisotopic (exact) mass is 3810 g/mol. The third kappa shape index (κ3) is 115. The minimum absolute atomic E-state index is 1.09. The predicted octanol–water partition coefficient (Wildman–Crippen LogP) is 6.50. The molecular weight excluding hydrogens is 3800 g/mol. The highest BCUT2D eigenvalue weighted by atomic mass is 33.6. The van der Waals surface area contributed by atoms with Gasteiger partial charge in [0.05, 0.1) is 0 Å². The van der Waals surface area contributed by atoms with Gasteiger partial charge in [0.2, 0.25) is 0 Å². The summed E-state index contributed by atoms with van der Waals surface area (Å²) in [7, 11) is 194. The third-order valence-corrected chi connectivity index (χ3v) is 243. The van der Waals surface area contributed by atoms with Gasteiger partial charge >= 0.3 is 0 Å². The minimum atomic E-state index is 1.09. The highest BCUT2D eigenvalue weighted by Crippen LogP contribution is 2.25. The van der Waals surface area contributed by atoms with Crippen LogP contribution in [0.1, 0.15) is 0 Å².